The Balaban J connectivity index is 3.47. The van der Waals surface area contributed by atoms with Crippen LogP contribution in [0.3, 0.4) is 0 Å². The highest BCUT2D eigenvalue weighted by atomic mass is 16.4. The molecule has 0 saturated carbocycles. The number of hydrogen-bond acceptors (Lipinski definition) is 4. The van der Waals surface area contributed by atoms with Gasteiger partial charge in [0.15, 0.2) is 0 Å². The number of carbonyl (C=O) groups is 2. The Morgan fingerprint density at radius 3 is 1.59 bits per heavy atom. The van der Waals surface area contributed by atoms with Crippen molar-refractivity contribution in [3.8, 4) is 0 Å². The van der Waals surface area contributed by atoms with E-state index >= 15 is 0 Å². The first kappa shape index (κ1) is 25.9. The molecule has 0 atom stereocenters. The summed E-state index contributed by atoms with van der Waals surface area (Å²) >= 11 is 0. The summed E-state index contributed by atoms with van der Waals surface area (Å²) in [6, 6.07) is 0. The lowest BCUT2D eigenvalue weighted by Gasteiger charge is -2.20. The van der Waals surface area contributed by atoms with Gasteiger partial charge in [0.05, 0.1) is 12.8 Å². The summed E-state index contributed by atoms with van der Waals surface area (Å²) in [6.45, 7) is 5.76. The highest BCUT2D eigenvalue weighted by molar-refractivity contribution is 5.67. The van der Waals surface area contributed by atoms with Crippen LogP contribution in [0.25, 0.3) is 0 Å². The minimum absolute atomic E-state index is 0.0612. The molecule has 0 aromatic carbocycles. The van der Waals surface area contributed by atoms with Crippen molar-refractivity contribution in [2.24, 2.45) is 0 Å². The van der Waals surface area contributed by atoms with Gasteiger partial charge in [-0.05, 0) is 32.5 Å². The third-order valence-electron chi connectivity index (χ3n) is 4.82. The molecule has 0 saturated heterocycles. The Morgan fingerprint density at radius 2 is 1.11 bits per heavy atom. The van der Waals surface area contributed by atoms with Gasteiger partial charge in [-0.3, -0.25) is 9.59 Å². The highest BCUT2D eigenvalue weighted by Crippen LogP contribution is 2.10. The molecule has 0 aromatic heterocycles. The zero-order chi connectivity index (χ0) is 20.2. The Bertz CT molecular complexity index is 346. The third kappa shape index (κ3) is 21.0. The second-order valence-corrected chi connectivity index (χ2v) is 7.41. The van der Waals surface area contributed by atoms with E-state index in [1.807, 2.05) is 4.90 Å². The number of nitrogens with zero attached hydrogens (tertiary/aromatic N) is 1. The third-order valence-corrected chi connectivity index (χ3v) is 4.82. The highest BCUT2D eigenvalue weighted by Gasteiger charge is 2.09. The maximum Gasteiger partial charge on any atom is 0.304 e. The van der Waals surface area contributed by atoms with Crippen molar-refractivity contribution >= 4 is 11.9 Å². The maximum absolute atomic E-state index is 10.7. The lowest BCUT2D eigenvalue weighted by molar-refractivity contribution is -0.137. The Labute approximate surface area is 165 Å². The van der Waals surface area contributed by atoms with Crippen molar-refractivity contribution in [3.63, 3.8) is 0 Å². The molecule has 0 rings (SSSR count). The molecule has 3 N–H and O–H groups in total. The van der Waals surface area contributed by atoms with Crippen molar-refractivity contribution in [1.29, 1.82) is 0 Å². The number of carboxylic acid groups (broad SMARTS) is 2. The summed E-state index contributed by atoms with van der Waals surface area (Å²) in [6.07, 6.45) is 14.4. The maximum atomic E-state index is 10.7. The first-order valence-electron chi connectivity index (χ1n) is 10.9. The second kappa shape index (κ2) is 19.6. The topological polar surface area (TPSA) is 89.9 Å². The molecule has 160 valence electrons. The molecule has 0 aliphatic heterocycles. The van der Waals surface area contributed by atoms with Crippen molar-refractivity contribution in [2.45, 2.75) is 90.4 Å². The van der Waals surface area contributed by atoms with Gasteiger partial charge >= 0.3 is 11.9 Å². The monoisotopic (exact) mass is 386 g/mol. The fourth-order valence-electron chi connectivity index (χ4n) is 3.13. The van der Waals surface area contributed by atoms with E-state index in [4.69, 9.17) is 10.2 Å². The number of carboxylic acids is 2. The van der Waals surface area contributed by atoms with Crippen LogP contribution < -0.4 is 5.32 Å². The molecule has 0 unspecified atom stereocenters. The van der Waals surface area contributed by atoms with Crippen molar-refractivity contribution in [2.75, 3.05) is 32.7 Å². The average molecular weight is 387 g/mol. The van der Waals surface area contributed by atoms with Gasteiger partial charge in [0.1, 0.15) is 0 Å². The molecular formula is C21H42N2O4. The van der Waals surface area contributed by atoms with E-state index in [1.54, 1.807) is 0 Å². The largest absolute Gasteiger partial charge is 0.481 e. The van der Waals surface area contributed by atoms with Crippen LogP contribution in [0.2, 0.25) is 0 Å². The summed E-state index contributed by atoms with van der Waals surface area (Å²) in [5.41, 5.74) is 0. The zero-order valence-corrected chi connectivity index (χ0v) is 17.4. The first-order valence-corrected chi connectivity index (χ1v) is 10.9. The molecule has 0 fully saturated rings. The van der Waals surface area contributed by atoms with Gasteiger partial charge in [-0.2, -0.15) is 0 Å². The SMILES string of the molecule is CCCCCCCCCCCCNCCCN(CCC(=O)O)CCC(=O)O. The quantitative estimate of drug-likeness (QED) is 0.257. The van der Waals surface area contributed by atoms with Crippen LogP contribution in [0.15, 0.2) is 0 Å². The van der Waals surface area contributed by atoms with E-state index in [0.29, 0.717) is 13.1 Å². The van der Waals surface area contributed by atoms with Crippen molar-refractivity contribution < 1.29 is 19.8 Å². The number of hydrogen-bond donors (Lipinski definition) is 3. The molecule has 0 heterocycles. The van der Waals surface area contributed by atoms with Gasteiger partial charge in [0.25, 0.3) is 0 Å². The summed E-state index contributed by atoms with van der Waals surface area (Å²) < 4.78 is 0. The van der Waals surface area contributed by atoms with Gasteiger partial charge < -0.3 is 20.4 Å². The number of rotatable bonds is 21. The summed E-state index contributed by atoms with van der Waals surface area (Å²) in [5.74, 6) is -1.68. The van der Waals surface area contributed by atoms with E-state index < -0.39 is 11.9 Å². The van der Waals surface area contributed by atoms with Crippen molar-refractivity contribution in [1.82, 2.24) is 10.2 Å². The van der Waals surface area contributed by atoms with E-state index in [1.165, 1.54) is 64.2 Å². The van der Waals surface area contributed by atoms with Gasteiger partial charge in [0.2, 0.25) is 0 Å². The summed E-state index contributed by atoms with van der Waals surface area (Å²) in [7, 11) is 0. The van der Waals surface area contributed by atoms with Crippen molar-refractivity contribution in [3.05, 3.63) is 0 Å². The molecule has 6 nitrogen and oxygen atoms in total. The Morgan fingerprint density at radius 1 is 0.667 bits per heavy atom. The molecule has 27 heavy (non-hydrogen) atoms. The Kier molecular flexibility index (Phi) is 18.8. The lowest BCUT2D eigenvalue weighted by Crippen LogP contribution is -2.31. The predicted octanol–water partition coefficient (Wildman–Crippen LogP) is 4.14. The molecule has 0 amide bonds. The number of aliphatic carboxylic acids is 2. The van der Waals surface area contributed by atoms with Crippen LogP contribution in [-0.2, 0) is 9.59 Å². The standard InChI is InChI=1S/C21H42N2O4/c1-2-3-4-5-6-7-8-9-10-11-15-22-16-12-17-23(18-13-20(24)25)19-14-21(26)27/h22H,2-19H2,1H3,(H,24,25)(H,26,27). The van der Waals surface area contributed by atoms with Crippen LogP contribution in [0, 0.1) is 0 Å². The van der Waals surface area contributed by atoms with Crippen LogP contribution in [0.5, 0.6) is 0 Å². The molecule has 0 aromatic rings. The molecule has 6 heteroatoms. The molecule has 0 aliphatic carbocycles. The van der Waals surface area contributed by atoms with E-state index in [-0.39, 0.29) is 12.8 Å². The van der Waals surface area contributed by atoms with E-state index in [2.05, 4.69) is 12.2 Å². The lowest BCUT2D eigenvalue weighted by atomic mass is 10.1. The molecule has 0 radical (unpaired) electrons. The van der Waals surface area contributed by atoms with Gasteiger partial charge in [-0.15, -0.1) is 0 Å². The van der Waals surface area contributed by atoms with Gasteiger partial charge in [-0.25, -0.2) is 0 Å². The molecule has 0 aliphatic rings. The van der Waals surface area contributed by atoms with Crippen LogP contribution in [0.1, 0.15) is 90.4 Å². The summed E-state index contributed by atoms with van der Waals surface area (Å²) in [5, 5.41) is 21.0. The smallest absolute Gasteiger partial charge is 0.304 e. The Hall–Kier alpha value is -1.14. The van der Waals surface area contributed by atoms with Gasteiger partial charge in [-0.1, -0.05) is 64.7 Å². The van der Waals surface area contributed by atoms with E-state index in [9.17, 15) is 9.59 Å². The normalized spacial score (nSPS) is 11.2. The minimum atomic E-state index is -0.839. The number of nitrogens with one attached hydrogen (secondary N) is 1. The van der Waals surface area contributed by atoms with Crippen LogP contribution in [-0.4, -0.2) is 59.8 Å². The predicted molar refractivity (Wildman–Crippen MR) is 110 cm³/mol. The van der Waals surface area contributed by atoms with Crippen LogP contribution in [0.4, 0.5) is 0 Å². The second-order valence-electron chi connectivity index (χ2n) is 7.41. The first-order chi connectivity index (χ1) is 13.1. The zero-order valence-electron chi connectivity index (χ0n) is 17.4. The molecule has 0 bridgehead atoms. The fourth-order valence-corrected chi connectivity index (χ4v) is 3.13. The minimum Gasteiger partial charge on any atom is -0.481 e. The molecular weight excluding hydrogens is 344 g/mol. The fraction of sp³-hybridized carbons (Fsp3) is 0.905. The van der Waals surface area contributed by atoms with Crippen LogP contribution >= 0.6 is 0 Å². The van der Waals surface area contributed by atoms with E-state index in [0.717, 1.165) is 26.1 Å². The average Bonchev–Trinajstić information content (AvgIpc) is 2.63. The number of unbranched alkanes of at least 4 members (excludes halogenated alkanes) is 9. The summed E-state index contributed by atoms with van der Waals surface area (Å²) in [4.78, 5) is 23.3. The molecule has 0 spiro atoms. The van der Waals surface area contributed by atoms with Gasteiger partial charge in [0, 0.05) is 13.1 Å².